The van der Waals surface area contributed by atoms with Crippen molar-refractivity contribution in [1.82, 2.24) is 4.31 Å². The maximum absolute atomic E-state index is 11.4. The molecule has 0 radical (unpaired) electrons. The summed E-state index contributed by atoms with van der Waals surface area (Å²) < 4.78 is 1.38. The van der Waals surface area contributed by atoms with E-state index in [0.29, 0.717) is 12.8 Å². The molecule has 0 aromatic carbocycles. The Balaban J connectivity index is 2.22. The van der Waals surface area contributed by atoms with Gasteiger partial charge in [0.2, 0.25) is 11.8 Å². The van der Waals surface area contributed by atoms with Gasteiger partial charge in [0.05, 0.1) is 0 Å². The fraction of sp³-hybridized carbons (Fsp3) is 0.750. The molecule has 2 heterocycles. The van der Waals surface area contributed by atoms with E-state index < -0.39 is 9.43 Å². The molecule has 2 saturated heterocycles. The van der Waals surface area contributed by atoms with Gasteiger partial charge in [0.25, 0.3) is 0 Å². The predicted molar refractivity (Wildman–Crippen MR) is 53.5 cm³/mol. The van der Waals surface area contributed by atoms with Crippen molar-refractivity contribution < 1.29 is 9.59 Å². The van der Waals surface area contributed by atoms with Crippen LogP contribution in [0.2, 0.25) is 0 Å². The second-order valence-corrected chi connectivity index (χ2v) is 7.85. The van der Waals surface area contributed by atoms with Gasteiger partial charge >= 0.3 is 0 Å². The Kier molecular flexibility index (Phi) is 2.28. The number of carbonyl (C=O) groups excluding carboxylic acids is 2. The SMILES string of the molecule is O=C1CCC(=O)N1S1(Cl)CCCC1. The predicted octanol–water partition coefficient (Wildman–Crippen LogP) is 1.80. The third kappa shape index (κ3) is 1.46. The zero-order chi connectivity index (χ0) is 9.47. The number of rotatable bonds is 1. The summed E-state index contributed by atoms with van der Waals surface area (Å²) in [5, 5.41) is 0. The molecule has 2 aliphatic rings. The topological polar surface area (TPSA) is 37.4 Å². The van der Waals surface area contributed by atoms with Gasteiger partial charge in [0.1, 0.15) is 0 Å². The van der Waals surface area contributed by atoms with Gasteiger partial charge in [-0.1, -0.05) is 9.43 Å². The minimum Gasteiger partial charge on any atom is -0.273 e. The summed E-state index contributed by atoms with van der Waals surface area (Å²) in [5.41, 5.74) is 0. The first kappa shape index (κ1) is 9.34. The van der Waals surface area contributed by atoms with E-state index >= 15 is 0 Å². The molecule has 0 aromatic heterocycles. The molecule has 2 fully saturated rings. The normalized spacial score (nSPS) is 29.8. The molecule has 0 atom stereocenters. The second-order valence-electron chi connectivity index (χ2n) is 3.45. The molecule has 2 aliphatic heterocycles. The molecule has 5 heteroatoms. The van der Waals surface area contributed by atoms with Gasteiger partial charge < -0.3 is 0 Å². The summed E-state index contributed by atoms with van der Waals surface area (Å²) in [5.74, 6) is 1.56. The minimum atomic E-state index is -1.57. The number of hydrogen-bond acceptors (Lipinski definition) is 2. The van der Waals surface area contributed by atoms with Crippen LogP contribution in [0, 0.1) is 0 Å². The van der Waals surface area contributed by atoms with Crippen molar-refractivity contribution in [3.05, 3.63) is 0 Å². The van der Waals surface area contributed by atoms with Gasteiger partial charge in [-0.05, 0) is 23.5 Å². The Morgan fingerprint density at radius 2 is 1.54 bits per heavy atom. The first-order valence-electron chi connectivity index (χ1n) is 4.48. The van der Waals surface area contributed by atoms with Crippen molar-refractivity contribution in [2.45, 2.75) is 25.7 Å². The van der Waals surface area contributed by atoms with Gasteiger partial charge in [-0.2, -0.15) is 0 Å². The van der Waals surface area contributed by atoms with E-state index in [1.807, 2.05) is 0 Å². The van der Waals surface area contributed by atoms with Crippen LogP contribution in [0.5, 0.6) is 0 Å². The minimum absolute atomic E-state index is 0.0584. The van der Waals surface area contributed by atoms with E-state index in [9.17, 15) is 9.59 Å². The highest BCUT2D eigenvalue weighted by Gasteiger charge is 2.43. The van der Waals surface area contributed by atoms with E-state index in [4.69, 9.17) is 10.7 Å². The number of amides is 2. The van der Waals surface area contributed by atoms with Crippen LogP contribution in [-0.4, -0.2) is 27.6 Å². The highest BCUT2D eigenvalue weighted by atomic mass is 35.7. The first-order valence-corrected chi connectivity index (χ1v) is 7.23. The van der Waals surface area contributed by atoms with Gasteiger partial charge in [-0.25, -0.2) is 4.31 Å². The highest BCUT2D eigenvalue weighted by Crippen LogP contribution is 2.62. The molecule has 0 aromatic rings. The standard InChI is InChI=1S/C8H12ClNO2S/c9-13(5-1-2-6-13)10-7(11)3-4-8(10)12/h1-6H2. The monoisotopic (exact) mass is 221 g/mol. The van der Waals surface area contributed by atoms with Crippen molar-refractivity contribution in [3.63, 3.8) is 0 Å². The van der Waals surface area contributed by atoms with E-state index in [-0.39, 0.29) is 11.8 Å². The first-order chi connectivity index (χ1) is 6.13. The number of carbonyl (C=O) groups is 2. The number of hydrogen-bond donors (Lipinski definition) is 0. The summed E-state index contributed by atoms with van der Waals surface area (Å²) in [4.78, 5) is 22.8. The van der Waals surface area contributed by atoms with Crippen molar-refractivity contribution >= 4 is 31.9 Å². The Bertz CT molecular complexity index is 247. The molecule has 2 rings (SSSR count). The van der Waals surface area contributed by atoms with Gasteiger partial charge in [-0.15, -0.1) is 0 Å². The van der Waals surface area contributed by atoms with E-state index in [1.54, 1.807) is 0 Å². The molecule has 0 N–H and O–H groups in total. The fourth-order valence-corrected chi connectivity index (χ4v) is 5.74. The van der Waals surface area contributed by atoms with Gasteiger partial charge in [0.15, 0.2) is 0 Å². The van der Waals surface area contributed by atoms with Crippen LogP contribution >= 0.6 is 20.1 Å². The van der Waals surface area contributed by atoms with Crippen LogP contribution < -0.4 is 0 Å². The highest BCUT2D eigenvalue weighted by molar-refractivity contribution is 8.50. The molecule has 3 nitrogen and oxygen atoms in total. The summed E-state index contributed by atoms with van der Waals surface area (Å²) in [6.07, 6.45) is 2.83. The van der Waals surface area contributed by atoms with Crippen LogP contribution in [0.4, 0.5) is 0 Å². The molecule has 0 aliphatic carbocycles. The van der Waals surface area contributed by atoms with Crippen molar-refractivity contribution in [3.8, 4) is 0 Å². The van der Waals surface area contributed by atoms with Crippen molar-refractivity contribution in [2.24, 2.45) is 0 Å². The molecule has 13 heavy (non-hydrogen) atoms. The Morgan fingerprint density at radius 3 is 2.00 bits per heavy atom. The largest absolute Gasteiger partial charge is 0.273 e. The third-order valence-corrected chi connectivity index (χ3v) is 6.73. The number of halogens is 1. The molecule has 0 saturated carbocycles. The van der Waals surface area contributed by atoms with E-state index in [0.717, 1.165) is 24.3 Å². The van der Waals surface area contributed by atoms with Crippen LogP contribution in [0.1, 0.15) is 25.7 Å². The van der Waals surface area contributed by atoms with Crippen molar-refractivity contribution in [2.75, 3.05) is 11.5 Å². The zero-order valence-corrected chi connectivity index (χ0v) is 8.86. The quantitative estimate of drug-likeness (QED) is 0.634. The van der Waals surface area contributed by atoms with E-state index in [2.05, 4.69) is 0 Å². The average molecular weight is 222 g/mol. The summed E-state index contributed by atoms with van der Waals surface area (Å²) in [7, 11) is 4.76. The Labute approximate surface area is 83.4 Å². The van der Waals surface area contributed by atoms with Gasteiger partial charge in [-0.3, -0.25) is 9.59 Å². The van der Waals surface area contributed by atoms with E-state index in [1.165, 1.54) is 4.31 Å². The Hall–Kier alpha value is -0.220. The number of imide groups is 1. The molecule has 74 valence electrons. The molecule has 0 bridgehead atoms. The molecule has 0 spiro atoms. The molecule has 0 unspecified atom stereocenters. The summed E-state index contributed by atoms with van der Waals surface area (Å²) >= 11 is 0. The Morgan fingerprint density at radius 1 is 1.08 bits per heavy atom. The third-order valence-electron chi connectivity index (χ3n) is 2.50. The summed E-state index contributed by atoms with van der Waals surface area (Å²) in [6, 6.07) is 0. The maximum Gasteiger partial charge on any atom is 0.239 e. The lowest BCUT2D eigenvalue weighted by molar-refractivity contribution is -0.131. The van der Waals surface area contributed by atoms with Crippen LogP contribution in [0.3, 0.4) is 0 Å². The average Bonchev–Trinajstić information content (AvgIpc) is 2.60. The second kappa shape index (κ2) is 3.17. The zero-order valence-electron chi connectivity index (χ0n) is 7.29. The molecule has 2 amide bonds. The fourth-order valence-electron chi connectivity index (χ4n) is 1.85. The number of nitrogens with zero attached hydrogens (tertiary/aromatic N) is 1. The van der Waals surface area contributed by atoms with Gasteiger partial charge in [0, 0.05) is 24.3 Å². The summed E-state index contributed by atoms with van der Waals surface area (Å²) in [6.45, 7) is 0. The maximum atomic E-state index is 11.4. The lowest BCUT2D eigenvalue weighted by atomic mass is 10.4. The smallest absolute Gasteiger partial charge is 0.239 e. The molecular formula is C8H12ClNO2S. The molecular weight excluding hydrogens is 210 g/mol. The van der Waals surface area contributed by atoms with Crippen LogP contribution in [0.15, 0.2) is 0 Å². The van der Waals surface area contributed by atoms with Crippen LogP contribution in [-0.2, 0) is 9.59 Å². The van der Waals surface area contributed by atoms with Crippen molar-refractivity contribution in [1.29, 1.82) is 0 Å². The lowest BCUT2D eigenvalue weighted by Crippen LogP contribution is -2.30. The van der Waals surface area contributed by atoms with Crippen LogP contribution in [0.25, 0.3) is 0 Å². The lowest BCUT2D eigenvalue weighted by Gasteiger charge is -2.35.